The van der Waals surface area contributed by atoms with Crippen molar-refractivity contribution < 1.29 is 9.53 Å². The van der Waals surface area contributed by atoms with Gasteiger partial charge >= 0.3 is 0 Å². The second kappa shape index (κ2) is 9.04. The number of carbonyl (C=O) groups excluding carboxylic acids is 1. The smallest absolute Gasteiger partial charge is 0.267 e. The molecule has 1 amide bonds. The minimum Gasteiger partial charge on any atom is -0.497 e. The van der Waals surface area contributed by atoms with E-state index in [2.05, 4.69) is 5.10 Å². The van der Waals surface area contributed by atoms with Crippen LogP contribution in [-0.2, 0) is 4.79 Å². The quantitative estimate of drug-likeness (QED) is 0.764. The number of aromatic nitrogens is 2. The minimum atomic E-state index is -0.632. The SMILES string of the molecule is CCN(C(=O)C(C)n1nc(-c2ccc(OC)cc2)ccc1=O)C1CCCCC1. The lowest BCUT2D eigenvalue weighted by Gasteiger charge is -2.35. The van der Waals surface area contributed by atoms with Gasteiger partial charge in [-0.2, -0.15) is 5.10 Å². The number of carbonyl (C=O) groups is 1. The van der Waals surface area contributed by atoms with Crippen LogP contribution in [0.15, 0.2) is 41.2 Å². The van der Waals surface area contributed by atoms with Crippen LogP contribution in [0.4, 0.5) is 0 Å². The number of ether oxygens (including phenoxy) is 1. The van der Waals surface area contributed by atoms with E-state index in [0.29, 0.717) is 12.2 Å². The normalized spacial score (nSPS) is 15.8. The Bertz CT molecular complexity index is 854. The Balaban J connectivity index is 1.86. The van der Waals surface area contributed by atoms with Crippen LogP contribution in [-0.4, -0.2) is 40.3 Å². The lowest BCUT2D eigenvalue weighted by atomic mass is 9.94. The fourth-order valence-corrected chi connectivity index (χ4v) is 3.95. The van der Waals surface area contributed by atoms with Gasteiger partial charge in [0.2, 0.25) is 5.91 Å². The topological polar surface area (TPSA) is 64.4 Å². The van der Waals surface area contributed by atoms with Crippen LogP contribution in [0, 0.1) is 0 Å². The third kappa shape index (κ3) is 4.26. The van der Waals surface area contributed by atoms with Gasteiger partial charge in [-0.05, 0) is 57.0 Å². The lowest BCUT2D eigenvalue weighted by molar-refractivity contribution is -0.137. The number of hydrogen-bond donors (Lipinski definition) is 0. The summed E-state index contributed by atoms with van der Waals surface area (Å²) in [6.07, 6.45) is 5.64. The molecule has 6 heteroatoms. The van der Waals surface area contributed by atoms with Crippen molar-refractivity contribution in [3.63, 3.8) is 0 Å². The third-order valence-electron chi connectivity index (χ3n) is 5.57. The predicted octanol–water partition coefficient (Wildman–Crippen LogP) is 3.66. The van der Waals surface area contributed by atoms with E-state index in [4.69, 9.17) is 4.74 Å². The van der Waals surface area contributed by atoms with E-state index in [1.165, 1.54) is 17.2 Å². The van der Waals surface area contributed by atoms with Crippen LogP contribution in [0.25, 0.3) is 11.3 Å². The number of benzene rings is 1. The number of rotatable bonds is 6. The molecule has 0 spiro atoms. The largest absolute Gasteiger partial charge is 0.497 e. The van der Waals surface area contributed by atoms with Gasteiger partial charge in [0.25, 0.3) is 5.56 Å². The summed E-state index contributed by atoms with van der Waals surface area (Å²) < 4.78 is 6.50. The van der Waals surface area contributed by atoms with Gasteiger partial charge < -0.3 is 9.64 Å². The van der Waals surface area contributed by atoms with Crippen LogP contribution in [0.2, 0.25) is 0 Å². The molecule has 150 valence electrons. The molecule has 1 saturated carbocycles. The molecule has 0 saturated heterocycles. The summed E-state index contributed by atoms with van der Waals surface area (Å²) in [5.41, 5.74) is 1.26. The van der Waals surface area contributed by atoms with Gasteiger partial charge in [0.05, 0.1) is 12.8 Å². The first-order valence-corrected chi connectivity index (χ1v) is 10.1. The van der Waals surface area contributed by atoms with Gasteiger partial charge in [-0.25, -0.2) is 4.68 Å². The summed E-state index contributed by atoms with van der Waals surface area (Å²) >= 11 is 0. The Kier molecular flexibility index (Phi) is 6.49. The zero-order chi connectivity index (χ0) is 20.1. The monoisotopic (exact) mass is 383 g/mol. The molecule has 3 rings (SSSR count). The Morgan fingerprint density at radius 2 is 1.86 bits per heavy atom. The highest BCUT2D eigenvalue weighted by Crippen LogP contribution is 2.25. The lowest BCUT2D eigenvalue weighted by Crippen LogP contribution is -2.46. The fourth-order valence-electron chi connectivity index (χ4n) is 3.95. The van der Waals surface area contributed by atoms with E-state index in [-0.39, 0.29) is 17.5 Å². The molecule has 0 aliphatic heterocycles. The van der Waals surface area contributed by atoms with Crippen LogP contribution < -0.4 is 10.3 Å². The van der Waals surface area contributed by atoms with Crippen molar-refractivity contribution in [2.45, 2.75) is 58.0 Å². The summed E-state index contributed by atoms with van der Waals surface area (Å²) in [7, 11) is 1.62. The molecule has 2 aromatic rings. The first kappa shape index (κ1) is 20.1. The first-order chi connectivity index (χ1) is 13.5. The van der Waals surface area contributed by atoms with Crippen LogP contribution in [0.1, 0.15) is 52.0 Å². The summed E-state index contributed by atoms with van der Waals surface area (Å²) in [5.74, 6) is 0.725. The maximum atomic E-state index is 13.2. The molecule has 1 aromatic heterocycles. The highest BCUT2D eigenvalue weighted by molar-refractivity contribution is 5.80. The second-order valence-corrected chi connectivity index (χ2v) is 7.32. The van der Waals surface area contributed by atoms with Crippen molar-refractivity contribution in [1.29, 1.82) is 0 Å². The molecule has 1 unspecified atom stereocenters. The molecule has 28 heavy (non-hydrogen) atoms. The Morgan fingerprint density at radius 1 is 1.18 bits per heavy atom. The van der Waals surface area contributed by atoms with Crippen molar-refractivity contribution in [2.75, 3.05) is 13.7 Å². The summed E-state index contributed by atoms with van der Waals surface area (Å²) in [5, 5.41) is 4.50. The van der Waals surface area contributed by atoms with Gasteiger partial charge in [-0.3, -0.25) is 9.59 Å². The summed E-state index contributed by atoms with van der Waals surface area (Å²) in [6, 6.07) is 10.3. The maximum Gasteiger partial charge on any atom is 0.267 e. The van der Waals surface area contributed by atoms with Gasteiger partial charge in [0, 0.05) is 24.2 Å². The predicted molar refractivity (Wildman–Crippen MR) is 109 cm³/mol. The van der Waals surface area contributed by atoms with E-state index >= 15 is 0 Å². The number of amides is 1. The van der Waals surface area contributed by atoms with E-state index in [0.717, 1.165) is 37.0 Å². The zero-order valence-electron chi connectivity index (χ0n) is 16.9. The van der Waals surface area contributed by atoms with Crippen LogP contribution in [0.3, 0.4) is 0 Å². The van der Waals surface area contributed by atoms with Crippen LogP contribution >= 0.6 is 0 Å². The highest BCUT2D eigenvalue weighted by Gasteiger charge is 2.29. The molecule has 0 bridgehead atoms. The Hall–Kier alpha value is -2.63. The van der Waals surface area contributed by atoms with E-state index in [1.807, 2.05) is 36.1 Å². The first-order valence-electron chi connectivity index (χ1n) is 10.1. The van der Waals surface area contributed by atoms with Crippen molar-refractivity contribution >= 4 is 5.91 Å². The molecular weight excluding hydrogens is 354 g/mol. The average molecular weight is 383 g/mol. The number of likely N-dealkylation sites (N-methyl/N-ethyl adjacent to an activating group) is 1. The van der Waals surface area contributed by atoms with Gasteiger partial charge in [0.15, 0.2) is 0 Å². The van der Waals surface area contributed by atoms with Crippen LogP contribution in [0.5, 0.6) is 5.75 Å². The number of methoxy groups -OCH3 is 1. The molecule has 0 N–H and O–H groups in total. The maximum absolute atomic E-state index is 13.2. The summed E-state index contributed by atoms with van der Waals surface area (Å²) in [6.45, 7) is 4.42. The highest BCUT2D eigenvalue weighted by atomic mass is 16.5. The van der Waals surface area contributed by atoms with E-state index < -0.39 is 6.04 Å². The standard InChI is InChI=1S/C22H29N3O3/c1-4-24(18-8-6-5-7-9-18)22(27)16(2)25-21(26)15-14-20(23-25)17-10-12-19(28-3)13-11-17/h10-16,18H,4-9H2,1-3H3. The molecule has 1 aromatic carbocycles. The van der Waals surface area contributed by atoms with Crippen molar-refractivity contribution in [2.24, 2.45) is 0 Å². The zero-order valence-corrected chi connectivity index (χ0v) is 16.9. The molecule has 1 aliphatic carbocycles. The molecule has 1 heterocycles. The third-order valence-corrected chi connectivity index (χ3v) is 5.57. The van der Waals surface area contributed by atoms with Crippen molar-refractivity contribution in [3.8, 4) is 17.0 Å². The second-order valence-electron chi connectivity index (χ2n) is 7.32. The number of nitrogens with zero attached hydrogens (tertiary/aromatic N) is 3. The molecule has 6 nitrogen and oxygen atoms in total. The minimum absolute atomic E-state index is 0.0316. The van der Waals surface area contributed by atoms with Gasteiger partial charge in [-0.1, -0.05) is 19.3 Å². The Morgan fingerprint density at radius 3 is 2.46 bits per heavy atom. The summed E-state index contributed by atoms with van der Waals surface area (Å²) in [4.78, 5) is 27.5. The molecule has 1 fully saturated rings. The average Bonchev–Trinajstić information content (AvgIpc) is 2.75. The van der Waals surface area contributed by atoms with Gasteiger partial charge in [0.1, 0.15) is 11.8 Å². The molecule has 1 aliphatic rings. The molecule has 1 atom stereocenters. The fraction of sp³-hybridized carbons (Fsp3) is 0.500. The molecular formula is C22H29N3O3. The molecule has 0 radical (unpaired) electrons. The number of hydrogen-bond acceptors (Lipinski definition) is 4. The Labute approximate surface area is 166 Å². The van der Waals surface area contributed by atoms with Gasteiger partial charge in [-0.15, -0.1) is 0 Å². The van der Waals surface area contributed by atoms with E-state index in [9.17, 15) is 9.59 Å². The van der Waals surface area contributed by atoms with Crippen molar-refractivity contribution in [3.05, 3.63) is 46.8 Å². The van der Waals surface area contributed by atoms with Crippen molar-refractivity contribution in [1.82, 2.24) is 14.7 Å². The van der Waals surface area contributed by atoms with E-state index in [1.54, 1.807) is 20.1 Å².